The van der Waals surface area contributed by atoms with Crippen molar-refractivity contribution in [1.82, 2.24) is 20.1 Å². The maximum Gasteiger partial charge on any atom is 0.230 e. The first kappa shape index (κ1) is 18.7. The second-order valence-corrected chi connectivity index (χ2v) is 8.23. The molecule has 136 valence electrons. The molecular formula is C19H22N4OS2. The Bertz CT molecular complexity index is 829. The predicted octanol–water partition coefficient (Wildman–Crippen LogP) is 3.92. The Balaban J connectivity index is 1.77. The molecule has 0 bridgehead atoms. The lowest BCUT2D eigenvalue weighted by molar-refractivity contribution is -0.118. The third-order valence-corrected chi connectivity index (χ3v) is 5.51. The molecule has 0 spiro atoms. The molecule has 0 aliphatic rings. The molecule has 1 N–H and O–H groups in total. The van der Waals surface area contributed by atoms with E-state index >= 15 is 0 Å². The van der Waals surface area contributed by atoms with Crippen molar-refractivity contribution in [2.24, 2.45) is 5.92 Å². The van der Waals surface area contributed by atoms with Crippen molar-refractivity contribution in [2.75, 3.05) is 12.3 Å². The van der Waals surface area contributed by atoms with Gasteiger partial charge in [0, 0.05) is 6.54 Å². The summed E-state index contributed by atoms with van der Waals surface area (Å²) in [7, 11) is 0. The van der Waals surface area contributed by atoms with Gasteiger partial charge in [-0.2, -0.15) is 0 Å². The van der Waals surface area contributed by atoms with Gasteiger partial charge in [-0.05, 0) is 22.9 Å². The molecule has 0 fully saturated rings. The van der Waals surface area contributed by atoms with Crippen LogP contribution < -0.4 is 5.32 Å². The molecule has 1 aromatic carbocycles. The third kappa shape index (κ3) is 4.95. The smallest absolute Gasteiger partial charge is 0.230 e. The van der Waals surface area contributed by atoms with E-state index in [-0.39, 0.29) is 5.91 Å². The van der Waals surface area contributed by atoms with E-state index in [1.807, 2.05) is 35.7 Å². The molecule has 0 radical (unpaired) electrons. The Morgan fingerprint density at radius 2 is 2.00 bits per heavy atom. The number of nitrogens with one attached hydrogen (secondary N) is 1. The van der Waals surface area contributed by atoms with Crippen LogP contribution in [0, 0.1) is 5.92 Å². The lowest BCUT2D eigenvalue weighted by Crippen LogP contribution is -2.28. The van der Waals surface area contributed by atoms with Crippen LogP contribution in [0.15, 0.2) is 53.0 Å². The SMILES string of the molecule is CC(C)CNC(=O)CSc1nnc(-c2cccs2)n1Cc1ccccc1. The van der Waals surface area contributed by atoms with Gasteiger partial charge in [0.1, 0.15) is 0 Å². The fraction of sp³-hybridized carbons (Fsp3) is 0.316. The summed E-state index contributed by atoms with van der Waals surface area (Å²) in [5.41, 5.74) is 1.18. The second kappa shape index (κ2) is 9.00. The van der Waals surface area contributed by atoms with Gasteiger partial charge in [-0.25, -0.2) is 0 Å². The first-order valence-electron chi connectivity index (χ1n) is 8.54. The largest absolute Gasteiger partial charge is 0.355 e. The Kier molecular flexibility index (Phi) is 6.46. The molecule has 3 rings (SSSR count). The van der Waals surface area contributed by atoms with Crippen molar-refractivity contribution in [2.45, 2.75) is 25.5 Å². The van der Waals surface area contributed by atoms with Crippen molar-refractivity contribution in [3.63, 3.8) is 0 Å². The first-order valence-corrected chi connectivity index (χ1v) is 10.4. The average molecular weight is 387 g/mol. The summed E-state index contributed by atoms with van der Waals surface area (Å²) in [6, 6.07) is 14.3. The zero-order chi connectivity index (χ0) is 18.4. The van der Waals surface area contributed by atoms with Gasteiger partial charge in [0.15, 0.2) is 11.0 Å². The Hall–Kier alpha value is -2.12. The van der Waals surface area contributed by atoms with Gasteiger partial charge in [-0.15, -0.1) is 21.5 Å². The average Bonchev–Trinajstić information content (AvgIpc) is 3.29. The second-order valence-electron chi connectivity index (χ2n) is 6.34. The number of rotatable bonds is 8. The van der Waals surface area contributed by atoms with E-state index in [9.17, 15) is 4.79 Å². The van der Waals surface area contributed by atoms with E-state index in [0.717, 1.165) is 15.9 Å². The van der Waals surface area contributed by atoms with Crippen LogP contribution in [0.5, 0.6) is 0 Å². The Morgan fingerprint density at radius 1 is 1.19 bits per heavy atom. The van der Waals surface area contributed by atoms with Gasteiger partial charge in [0.25, 0.3) is 0 Å². The molecule has 3 aromatic rings. The fourth-order valence-corrected chi connectivity index (χ4v) is 3.88. The van der Waals surface area contributed by atoms with Gasteiger partial charge >= 0.3 is 0 Å². The summed E-state index contributed by atoms with van der Waals surface area (Å²) in [6.07, 6.45) is 0. The summed E-state index contributed by atoms with van der Waals surface area (Å²) >= 11 is 3.06. The van der Waals surface area contributed by atoms with Gasteiger partial charge in [-0.1, -0.05) is 62.0 Å². The number of hydrogen-bond acceptors (Lipinski definition) is 5. The number of nitrogens with zero attached hydrogens (tertiary/aromatic N) is 3. The minimum absolute atomic E-state index is 0.0237. The number of hydrogen-bond donors (Lipinski definition) is 1. The number of benzene rings is 1. The van der Waals surface area contributed by atoms with E-state index in [1.54, 1.807) is 11.3 Å². The summed E-state index contributed by atoms with van der Waals surface area (Å²) < 4.78 is 2.08. The highest BCUT2D eigenvalue weighted by Crippen LogP contribution is 2.28. The molecule has 0 aliphatic carbocycles. The zero-order valence-corrected chi connectivity index (χ0v) is 16.5. The molecule has 26 heavy (non-hydrogen) atoms. The molecule has 0 saturated carbocycles. The van der Waals surface area contributed by atoms with E-state index in [0.29, 0.717) is 24.8 Å². The predicted molar refractivity (Wildman–Crippen MR) is 107 cm³/mol. The standard InChI is InChI=1S/C19H22N4OS2/c1-14(2)11-20-17(24)13-26-19-22-21-18(16-9-6-10-25-16)23(19)12-15-7-4-3-5-8-15/h3-10,14H,11-13H2,1-2H3,(H,20,24). The minimum Gasteiger partial charge on any atom is -0.355 e. The molecule has 1 amide bonds. The van der Waals surface area contributed by atoms with Crippen molar-refractivity contribution < 1.29 is 4.79 Å². The van der Waals surface area contributed by atoms with Gasteiger partial charge in [0.05, 0.1) is 17.2 Å². The number of aromatic nitrogens is 3. The molecular weight excluding hydrogens is 364 g/mol. The van der Waals surface area contributed by atoms with E-state index in [2.05, 4.69) is 46.1 Å². The summed E-state index contributed by atoms with van der Waals surface area (Å²) in [4.78, 5) is 13.1. The van der Waals surface area contributed by atoms with Crippen LogP contribution in [0.1, 0.15) is 19.4 Å². The van der Waals surface area contributed by atoms with Crippen molar-refractivity contribution >= 4 is 29.0 Å². The molecule has 0 saturated heterocycles. The maximum atomic E-state index is 12.0. The van der Waals surface area contributed by atoms with Crippen LogP contribution >= 0.6 is 23.1 Å². The van der Waals surface area contributed by atoms with Crippen molar-refractivity contribution in [1.29, 1.82) is 0 Å². The lowest BCUT2D eigenvalue weighted by Gasteiger charge is -2.10. The van der Waals surface area contributed by atoms with Gasteiger partial charge in [-0.3, -0.25) is 9.36 Å². The lowest BCUT2D eigenvalue weighted by atomic mass is 10.2. The monoisotopic (exact) mass is 386 g/mol. The van der Waals surface area contributed by atoms with Crippen LogP contribution in [-0.2, 0) is 11.3 Å². The first-order chi connectivity index (χ1) is 12.6. The molecule has 0 atom stereocenters. The quantitative estimate of drug-likeness (QED) is 0.596. The van der Waals surface area contributed by atoms with E-state index < -0.39 is 0 Å². The molecule has 0 unspecified atom stereocenters. The molecule has 2 heterocycles. The van der Waals surface area contributed by atoms with Crippen LogP contribution in [-0.4, -0.2) is 33.0 Å². The number of carbonyl (C=O) groups is 1. The molecule has 0 aliphatic heterocycles. The normalized spacial score (nSPS) is 11.0. The van der Waals surface area contributed by atoms with Crippen molar-refractivity contribution in [3.05, 3.63) is 53.4 Å². The van der Waals surface area contributed by atoms with E-state index in [1.165, 1.54) is 17.3 Å². The van der Waals surface area contributed by atoms with Gasteiger partial charge < -0.3 is 5.32 Å². The maximum absolute atomic E-state index is 12.0. The highest BCUT2D eigenvalue weighted by atomic mass is 32.2. The van der Waals surface area contributed by atoms with Crippen LogP contribution in [0.25, 0.3) is 10.7 Å². The molecule has 5 nitrogen and oxygen atoms in total. The van der Waals surface area contributed by atoms with Crippen LogP contribution in [0.4, 0.5) is 0 Å². The van der Waals surface area contributed by atoms with Crippen molar-refractivity contribution in [3.8, 4) is 10.7 Å². The van der Waals surface area contributed by atoms with Gasteiger partial charge in [0.2, 0.25) is 5.91 Å². The number of amides is 1. The van der Waals surface area contributed by atoms with Crippen LogP contribution in [0.2, 0.25) is 0 Å². The Labute approximate surface area is 161 Å². The highest BCUT2D eigenvalue weighted by Gasteiger charge is 2.16. The Morgan fingerprint density at radius 3 is 2.69 bits per heavy atom. The molecule has 2 aromatic heterocycles. The number of thioether (sulfide) groups is 1. The fourth-order valence-electron chi connectivity index (χ4n) is 2.39. The minimum atomic E-state index is 0.0237. The highest BCUT2D eigenvalue weighted by molar-refractivity contribution is 7.99. The summed E-state index contributed by atoms with van der Waals surface area (Å²) in [6.45, 7) is 5.53. The van der Waals surface area contributed by atoms with E-state index in [4.69, 9.17) is 0 Å². The number of thiophene rings is 1. The topological polar surface area (TPSA) is 59.8 Å². The summed E-state index contributed by atoms with van der Waals surface area (Å²) in [5.74, 6) is 1.64. The number of carbonyl (C=O) groups excluding carboxylic acids is 1. The van der Waals surface area contributed by atoms with Crippen LogP contribution in [0.3, 0.4) is 0 Å². The summed E-state index contributed by atoms with van der Waals surface area (Å²) in [5, 5.41) is 14.4. The molecule has 7 heteroatoms. The third-order valence-electron chi connectivity index (χ3n) is 3.68. The zero-order valence-electron chi connectivity index (χ0n) is 14.9.